The van der Waals surface area contributed by atoms with Gasteiger partial charge in [0.05, 0.1) is 23.8 Å². The first kappa shape index (κ1) is 10.1. The van der Waals surface area contributed by atoms with E-state index in [1.807, 2.05) is 38.4 Å². The van der Waals surface area contributed by atoms with Crippen LogP contribution >= 0.6 is 11.6 Å². The van der Waals surface area contributed by atoms with Crippen LogP contribution in [-0.4, -0.2) is 16.8 Å². The zero-order chi connectivity index (χ0) is 10.8. The number of aryl methyl sites for hydroxylation is 1. The van der Waals surface area contributed by atoms with Crippen LogP contribution in [0.4, 0.5) is 5.69 Å². The van der Waals surface area contributed by atoms with E-state index in [0.717, 1.165) is 22.0 Å². The molecule has 0 spiro atoms. The van der Waals surface area contributed by atoms with Gasteiger partial charge in [0.1, 0.15) is 0 Å². The quantitative estimate of drug-likeness (QED) is 0.845. The van der Waals surface area contributed by atoms with Gasteiger partial charge in [-0.1, -0.05) is 17.7 Å². The van der Waals surface area contributed by atoms with Gasteiger partial charge < -0.3 is 5.32 Å². The molecular weight excluding hydrogens is 210 g/mol. The molecule has 0 aliphatic rings. The average molecular weight is 222 g/mol. The largest absolute Gasteiger partial charge is 0.386 e. The summed E-state index contributed by atoms with van der Waals surface area (Å²) in [5.74, 6) is 0. The van der Waals surface area contributed by atoms with Gasteiger partial charge in [0, 0.05) is 12.1 Å². The Morgan fingerprint density at radius 3 is 2.80 bits per heavy atom. The predicted octanol–water partition coefficient (Wildman–Crippen LogP) is 2.88. The molecule has 0 saturated carbocycles. The second-order valence-electron chi connectivity index (χ2n) is 3.36. The molecule has 1 aromatic carbocycles. The van der Waals surface area contributed by atoms with E-state index in [1.54, 1.807) is 10.9 Å². The molecule has 1 heterocycles. The van der Waals surface area contributed by atoms with Gasteiger partial charge in [-0.15, -0.1) is 0 Å². The van der Waals surface area contributed by atoms with Crippen molar-refractivity contribution in [2.75, 3.05) is 12.4 Å². The van der Waals surface area contributed by atoms with E-state index < -0.39 is 0 Å². The SMILES string of the molecule is CNc1cnn(-c2ccc(C)c(Cl)c2)c1. The molecule has 0 fully saturated rings. The van der Waals surface area contributed by atoms with Crippen LogP contribution in [0.1, 0.15) is 5.56 Å². The fraction of sp³-hybridized carbons (Fsp3) is 0.182. The summed E-state index contributed by atoms with van der Waals surface area (Å²) in [4.78, 5) is 0. The highest BCUT2D eigenvalue weighted by Gasteiger charge is 2.01. The molecule has 4 heteroatoms. The Labute approximate surface area is 93.7 Å². The van der Waals surface area contributed by atoms with Crippen LogP contribution in [0.5, 0.6) is 0 Å². The topological polar surface area (TPSA) is 29.9 Å². The second kappa shape index (κ2) is 3.95. The number of hydrogen-bond acceptors (Lipinski definition) is 2. The molecule has 2 aromatic rings. The summed E-state index contributed by atoms with van der Waals surface area (Å²) in [6.07, 6.45) is 3.69. The minimum Gasteiger partial charge on any atom is -0.386 e. The lowest BCUT2D eigenvalue weighted by Gasteiger charge is -2.03. The number of hydrogen-bond donors (Lipinski definition) is 1. The van der Waals surface area contributed by atoms with Crippen LogP contribution < -0.4 is 5.32 Å². The molecule has 0 atom stereocenters. The first-order valence-electron chi connectivity index (χ1n) is 4.69. The fourth-order valence-corrected chi connectivity index (χ4v) is 1.49. The summed E-state index contributed by atoms with van der Waals surface area (Å²) in [5.41, 5.74) is 3.01. The number of aromatic nitrogens is 2. The summed E-state index contributed by atoms with van der Waals surface area (Å²) >= 11 is 6.05. The number of nitrogens with one attached hydrogen (secondary N) is 1. The van der Waals surface area contributed by atoms with Crippen molar-refractivity contribution in [2.45, 2.75) is 6.92 Å². The number of halogens is 1. The second-order valence-corrected chi connectivity index (χ2v) is 3.76. The maximum atomic E-state index is 6.05. The van der Waals surface area contributed by atoms with E-state index in [4.69, 9.17) is 11.6 Å². The highest BCUT2D eigenvalue weighted by atomic mass is 35.5. The standard InChI is InChI=1S/C11H12ClN3/c1-8-3-4-10(5-11(8)12)15-7-9(13-2)6-14-15/h3-7,13H,1-2H3. The van der Waals surface area contributed by atoms with Gasteiger partial charge in [-0.3, -0.25) is 0 Å². The highest BCUT2D eigenvalue weighted by Crippen LogP contribution is 2.19. The lowest BCUT2D eigenvalue weighted by molar-refractivity contribution is 0.880. The van der Waals surface area contributed by atoms with Gasteiger partial charge in [-0.2, -0.15) is 5.10 Å². The zero-order valence-electron chi connectivity index (χ0n) is 8.66. The average Bonchev–Trinajstić information content (AvgIpc) is 2.70. The number of nitrogens with zero attached hydrogens (tertiary/aromatic N) is 2. The van der Waals surface area contributed by atoms with Crippen LogP contribution in [-0.2, 0) is 0 Å². The van der Waals surface area contributed by atoms with Crippen molar-refractivity contribution in [1.82, 2.24) is 9.78 Å². The Bertz CT molecular complexity index is 476. The van der Waals surface area contributed by atoms with E-state index >= 15 is 0 Å². The molecule has 0 unspecified atom stereocenters. The van der Waals surface area contributed by atoms with E-state index in [1.165, 1.54) is 0 Å². The van der Waals surface area contributed by atoms with Gasteiger partial charge >= 0.3 is 0 Å². The third kappa shape index (κ3) is 1.97. The zero-order valence-corrected chi connectivity index (χ0v) is 9.42. The lowest BCUT2D eigenvalue weighted by atomic mass is 10.2. The van der Waals surface area contributed by atoms with Crippen molar-refractivity contribution in [3.8, 4) is 5.69 Å². The fourth-order valence-electron chi connectivity index (χ4n) is 1.32. The van der Waals surface area contributed by atoms with Gasteiger partial charge in [0.2, 0.25) is 0 Å². The van der Waals surface area contributed by atoms with Crippen molar-refractivity contribution >= 4 is 17.3 Å². The molecule has 1 aromatic heterocycles. The molecule has 1 N–H and O–H groups in total. The maximum Gasteiger partial charge on any atom is 0.0728 e. The Hall–Kier alpha value is -1.48. The van der Waals surface area contributed by atoms with Crippen LogP contribution in [0.2, 0.25) is 5.02 Å². The van der Waals surface area contributed by atoms with E-state index in [-0.39, 0.29) is 0 Å². The van der Waals surface area contributed by atoms with Gasteiger partial charge in [0.15, 0.2) is 0 Å². The molecule has 0 radical (unpaired) electrons. The third-order valence-corrected chi connectivity index (χ3v) is 2.70. The molecule has 0 bridgehead atoms. The van der Waals surface area contributed by atoms with E-state index in [2.05, 4.69) is 10.4 Å². The van der Waals surface area contributed by atoms with Crippen molar-refractivity contribution in [2.24, 2.45) is 0 Å². The molecule has 15 heavy (non-hydrogen) atoms. The highest BCUT2D eigenvalue weighted by molar-refractivity contribution is 6.31. The van der Waals surface area contributed by atoms with Crippen molar-refractivity contribution in [1.29, 1.82) is 0 Å². The smallest absolute Gasteiger partial charge is 0.0728 e. The van der Waals surface area contributed by atoms with Gasteiger partial charge in [0.25, 0.3) is 0 Å². The molecule has 0 amide bonds. The molecule has 0 aliphatic carbocycles. The van der Waals surface area contributed by atoms with Crippen LogP contribution in [0.15, 0.2) is 30.6 Å². The Morgan fingerprint density at radius 1 is 1.40 bits per heavy atom. The summed E-state index contributed by atoms with van der Waals surface area (Å²) in [6, 6.07) is 5.88. The monoisotopic (exact) mass is 221 g/mol. The number of rotatable bonds is 2. The lowest BCUT2D eigenvalue weighted by Crippen LogP contribution is -1.94. The Kier molecular flexibility index (Phi) is 2.64. The van der Waals surface area contributed by atoms with Crippen LogP contribution in [0.25, 0.3) is 5.69 Å². The number of benzene rings is 1. The molecule has 0 aliphatic heterocycles. The molecule has 0 saturated heterocycles. The van der Waals surface area contributed by atoms with Crippen molar-refractivity contribution in [3.63, 3.8) is 0 Å². The van der Waals surface area contributed by atoms with Crippen LogP contribution in [0, 0.1) is 6.92 Å². The molecule has 78 valence electrons. The predicted molar refractivity (Wildman–Crippen MR) is 62.9 cm³/mol. The van der Waals surface area contributed by atoms with Gasteiger partial charge in [-0.25, -0.2) is 4.68 Å². The van der Waals surface area contributed by atoms with E-state index in [9.17, 15) is 0 Å². The minimum absolute atomic E-state index is 0.758. The third-order valence-electron chi connectivity index (χ3n) is 2.29. The summed E-state index contributed by atoms with van der Waals surface area (Å²) in [5, 5.41) is 8.01. The van der Waals surface area contributed by atoms with Crippen molar-refractivity contribution in [3.05, 3.63) is 41.2 Å². The summed E-state index contributed by atoms with van der Waals surface area (Å²) < 4.78 is 1.79. The number of anilines is 1. The summed E-state index contributed by atoms with van der Waals surface area (Å²) in [7, 11) is 1.86. The first-order chi connectivity index (χ1) is 7.20. The molecule has 2 rings (SSSR count). The van der Waals surface area contributed by atoms with Gasteiger partial charge in [-0.05, 0) is 24.6 Å². The van der Waals surface area contributed by atoms with E-state index in [0.29, 0.717) is 0 Å². The minimum atomic E-state index is 0.758. The molecule has 3 nitrogen and oxygen atoms in total. The first-order valence-corrected chi connectivity index (χ1v) is 5.07. The van der Waals surface area contributed by atoms with Crippen molar-refractivity contribution < 1.29 is 0 Å². The normalized spacial score (nSPS) is 10.3. The Balaban J connectivity index is 2.40. The molecular formula is C11H12ClN3. The summed E-state index contributed by atoms with van der Waals surface area (Å²) in [6.45, 7) is 1.98. The Morgan fingerprint density at radius 2 is 2.20 bits per heavy atom. The maximum absolute atomic E-state index is 6.05. The van der Waals surface area contributed by atoms with Crippen LogP contribution in [0.3, 0.4) is 0 Å².